The predicted octanol–water partition coefficient (Wildman–Crippen LogP) is 1.05. The van der Waals surface area contributed by atoms with Gasteiger partial charge in [-0.3, -0.25) is 4.79 Å². The van der Waals surface area contributed by atoms with E-state index in [0.717, 1.165) is 39.1 Å². The number of rotatable bonds is 11. The highest BCUT2D eigenvalue weighted by molar-refractivity contribution is 5.75. The predicted molar refractivity (Wildman–Crippen MR) is 83.9 cm³/mol. The minimum atomic E-state index is -0.195. The van der Waals surface area contributed by atoms with Crippen molar-refractivity contribution in [3.05, 3.63) is 0 Å². The van der Waals surface area contributed by atoms with Crippen molar-refractivity contribution < 1.29 is 9.53 Å². The lowest BCUT2D eigenvalue weighted by atomic mass is 10.1. The van der Waals surface area contributed by atoms with Crippen molar-refractivity contribution in [2.45, 2.75) is 33.2 Å². The minimum Gasteiger partial charge on any atom is -0.468 e. The van der Waals surface area contributed by atoms with Gasteiger partial charge in [0.15, 0.2) is 0 Å². The molecule has 120 valence electrons. The van der Waals surface area contributed by atoms with Crippen molar-refractivity contribution in [2.75, 3.05) is 53.9 Å². The molecular weight excluding hydrogens is 254 g/mol. The van der Waals surface area contributed by atoms with Gasteiger partial charge < -0.3 is 19.9 Å². The second kappa shape index (κ2) is 11.1. The molecule has 0 aromatic carbocycles. The van der Waals surface area contributed by atoms with Gasteiger partial charge in [0.1, 0.15) is 6.04 Å². The van der Waals surface area contributed by atoms with Crippen LogP contribution in [0.15, 0.2) is 0 Å². The average molecular weight is 287 g/mol. The number of carbonyl (C=O) groups excluding carboxylic acids is 1. The largest absolute Gasteiger partial charge is 0.468 e. The zero-order valence-corrected chi connectivity index (χ0v) is 14.1. The van der Waals surface area contributed by atoms with E-state index in [1.165, 1.54) is 7.11 Å². The molecule has 0 rings (SSSR count). The minimum absolute atomic E-state index is 0.163. The van der Waals surface area contributed by atoms with Gasteiger partial charge in [0, 0.05) is 26.2 Å². The molecule has 0 bridgehead atoms. The molecule has 1 N–H and O–H groups in total. The van der Waals surface area contributed by atoms with Crippen LogP contribution in [0.4, 0.5) is 0 Å². The van der Waals surface area contributed by atoms with Crippen LogP contribution in [0.2, 0.25) is 0 Å². The van der Waals surface area contributed by atoms with Gasteiger partial charge in [-0.25, -0.2) is 0 Å². The van der Waals surface area contributed by atoms with E-state index in [-0.39, 0.29) is 12.0 Å². The topological polar surface area (TPSA) is 44.8 Å². The molecule has 5 nitrogen and oxygen atoms in total. The maximum Gasteiger partial charge on any atom is 0.322 e. The fourth-order valence-electron chi connectivity index (χ4n) is 2.16. The van der Waals surface area contributed by atoms with Crippen LogP contribution in [0.3, 0.4) is 0 Å². The Bertz CT molecular complexity index is 258. The number of ether oxygens (including phenoxy) is 1. The molecule has 0 aromatic heterocycles. The van der Waals surface area contributed by atoms with Gasteiger partial charge in [0.25, 0.3) is 0 Å². The molecule has 5 heteroatoms. The first kappa shape index (κ1) is 19.4. The molecule has 1 unspecified atom stereocenters. The molecule has 0 aliphatic rings. The van der Waals surface area contributed by atoms with Crippen molar-refractivity contribution in [3.8, 4) is 0 Å². The molecule has 0 radical (unpaired) electrons. The third kappa shape index (κ3) is 9.28. The Morgan fingerprint density at radius 3 is 2.30 bits per heavy atom. The van der Waals surface area contributed by atoms with Crippen molar-refractivity contribution >= 4 is 5.97 Å². The number of esters is 1. The summed E-state index contributed by atoms with van der Waals surface area (Å²) in [4.78, 5) is 16.3. The SMILES string of the molecule is CCNC(CCN(CCN(C)C)CC(C)C)C(=O)OC. The van der Waals surface area contributed by atoms with Crippen LogP contribution < -0.4 is 5.32 Å². The second-order valence-corrected chi connectivity index (χ2v) is 5.92. The summed E-state index contributed by atoms with van der Waals surface area (Å²) in [5.41, 5.74) is 0. The summed E-state index contributed by atoms with van der Waals surface area (Å²) in [6.07, 6.45) is 0.792. The van der Waals surface area contributed by atoms with Crippen LogP contribution >= 0.6 is 0 Å². The monoisotopic (exact) mass is 287 g/mol. The molecule has 0 aliphatic heterocycles. The van der Waals surface area contributed by atoms with Gasteiger partial charge in [-0.2, -0.15) is 0 Å². The number of hydrogen-bond acceptors (Lipinski definition) is 5. The van der Waals surface area contributed by atoms with Crippen LogP contribution in [0.5, 0.6) is 0 Å². The van der Waals surface area contributed by atoms with Crippen LogP contribution in [0.25, 0.3) is 0 Å². The van der Waals surface area contributed by atoms with E-state index in [9.17, 15) is 4.79 Å². The number of nitrogens with one attached hydrogen (secondary N) is 1. The van der Waals surface area contributed by atoms with Gasteiger partial charge >= 0.3 is 5.97 Å². The van der Waals surface area contributed by atoms with Crippen LogP contribution in [-0.2, 0) is 9.53 Å². The van der Waals surface area contributed by atoms with E-state index in [4.69, 9.17) is 4.74 Å². The number of carbonyl (C=O) groups is 1. The molecule has 0 saturated heterocycles. The van der Waals surface area contributed by atoms with Gasteiger partial charge in [-0.05, 0) is 33.0 Å². The van der Waals surface area contributed by atoms with E-state index in [1.54, 1.807) is 0 Å². The molecular formula is C15H33N3O2. The average Bonchev–Trinajstić information content (AvgIpc) is 2.38. The molecule has 0 fully saturated rings. The third-order valence-corrected chi connectivity index (χ3v) is 3.16. The highest BCUT2D eigenvalue weighted by atomic mass is 16.5. The molecule has 0 saturated carbocycles. The Balaban J connectivity index is 4.34. The molecule has 1 atom stereocenters. The smallest absolute Gasteiger partial charge is 0.322 e. The number of nitrogens with zero attached hydrogens (tertiary/aromatic N) is 2. The van der Waals surface area contributed by atoms with E-state index in [2.05, 4.69) is 43.1 Å². The van der Waals surface area contributed by atoms with Crippen molar-refractivity contribution in [1.82, 2.24) is 15.1 Å². The zero-order chi connectivity index (χ0) is 15.5. The Hall–Kier alpha value is -0.650. The molecule has 0 amide bonds. The highest BCUT2D eigenvalue weighted by Gasteiger charge is 2.19. The molecule has 0 spiro atoms. The van der Waals surface area contributed by atoms with Crippen LogP contribution in [0.1, 0.15) is 27.2 Å². The van der Waals surface area contributed by atoms with Crippen LogP contribution in [0, 0.1) is 5.92 Å². The summed E-state index contributed by atoms with van der Waals surface area (Å²) < 4.78 is 4.85. The Morgan fingerprint density at radius 1 is 1.20 bits per heavy atom. The fourth-order valence-corrected chi connectivity index (χ4v) is 2.16. The molecule has 20 heavy (non-hydrogen) atoms. The molecule has 0 aromatic rings. The van der Waals surface area contributed by atoms with E-state index >= 15 is 0 Å². The van der Waals surface area contributed by atoms with Crippen molar-refractivity contribution in [3.63, 3.8) is 0 Å². The first-order valence-corrected chi connectivity index (χ1v) is 7.59. The highest BCUT2D eigenvalue weighted by Crippen LogP contribution is 2.03. The lowest BCUT2D eigenvalue weighted by Crippen LogP contribution is -2.42. The standard InChI is InChI=1S/C15H33N3O2/c1-7-16-14(15(19)20-6)8-9-18(12-13(2)3)11-10-17(4)5/h13-14,16H,7-12H2,1-6H3. The van der Waals surface area contributed by atoms with Crippen molar-refractivity contribution in [1.29, 1.82) is 0 Å². The quantitative estimate of drug-likeness (QED) is 0.576. The van der Waals surface area contributed by atoms with E-state index < -0.39 is 0 Å². The first-order valence-electron chi connectivity index (χ1n) is 7.59. The Morgan fingerprint density at radius 2 is 1.85 bits per heavy atom. The first-order chi connectivity index (χ1) is 9.40. The third-order valence-electron chi connectivity index (χ3n) is 3.16. The lowest BCUT2D eigenvalue weighted by molar-refractivity contribution is -0.143. The summed E-state index contributed by atoms with van der Waals surface area (Å²) in [5, 5.41) is 3.20. The number of likely N-dealkylation sites (N-methyl/N-ethyl adjacent to an activating group) is 2. The van der Waals surface area contributed by atoms with Gasteiger partial charge in [0.2, 0.25) is 0 Å². The Kier molecular flexibility index (Phi) is 10.7. The maximum absolute atomic E-state index is 11.7. The van der Waals surface area contributed by atoms with Gasteiger partial charge in [-0.1, -0.05) is 20.8 Å². The molecule has 0 aliphatic carbocycles. The number of methoxy groups -OCH3 is 1. The summed E-state index contributed by atoms with van der Waals surface area (Å²) in [6, 6.07) is -0.195. The summed E-state index contributed by atoms with van der Waals surface area (Å²) in [5.74, 6) is 0.469. The zero-order valence-electron chi connectivity index (χ0n) is 14.1. The van der Waals surface area contributed by atoms with E-state index in [1.807, 2.05) is 6.92 Å². The normalized spacial score (nSPS) is 13.2. The lowest BCUT2D eigenvalue weighted by Gasteiger charge is -2.27. The molecule has 0 heterocycles. The maximum atomic E-state index is 11.7. The summed E-state index contributed by atoms with van der Waals surface area (Å²) in [6.45, 7) is 11.3. The Labute approximate surface area is 124 Å². The van der Waals surface area contributed by atoms with Gasteiger partial charge in [-0.15, -0.1) is 0 Å². The number of hydrogen-bond donors (Lipinski definition) is 1. The van der Waals surface area contributed by atoms with Crippen LogP contribution in [-0.4, -0.2) is 75.7 Å². The van der Waals surface area contributed by atoms with E-state index in [0.29, 0.717) is 5.92 Å². The van der Waals surface area contributed by atoms with Crippen molar-refractivity contribution in [2.24, 2.45) is 5.92 Å². The fraction of sp³-hybridized carbons (Fsp3) is 0.933. The summed E-state index contributed by atoms with van der Waals surface area (Å²) >= 11 is 0. The summed E-state index contributed by atoms with van der Waals surface area (Å²) in [7, 11) is 5.62. The van der Waals surface area contributed by atoms with Gasteiger partial charge in [0.05, 0.1) is 7.11 Å². The second-order valence-electron chi connectivity index (χ2n) is 5.92.